The Morgan fingerprint density at radius 1 is 1.17 bits per heavy atom. The van der Waals surface area contributed by atoms with Crippen LogP contribution in [-0.2, 0) is 17.6 Å². The summed E-state index contributed by atoms with van der Waals surface area (Å²) in [7, 11) is 0. The normalized spacial score (nSPS) is 19.9. The van der Waals surface area contributed by atoms with Crippen LogP contribution in [0.15, 0.2) is 48.5 Å². The van der Waals surface area contributed by atoms with Gasteiger partial charge in [0.05, 0.1) is 0 Å². The monoisotopic (exact) mass is 310 g/mol. The van der Waals surface area contributed by atoms with E-state index in [4.69, 9.17) is 16.2 Å². The third-order valence-corrected chi connectivity index (χ3v) is 4.46. The van der Waals surface area contributed by atoms with E-state index in [2.05, 4.69) is 30.3 Å². The van der Waals surface area contributed by atoms with Gasteiger partial charge < -0.3 is 16.2 Å². The molecule has 0 saturated heterocycles. The largest absolute Gasteiger partial charge is 0.484 e. The molecule has 4 N–H and O–H groups in total. The van der Waals surface area contributed by atoms with Gasteiger partial charge in [-0.1, -0.05) is 36.4 Å². The number of benzene rings is 2. The van der Waals surface area contributed by atoms with Crippen LogP contribution in [0, 0.1) is 0 Å². The van der Waals surface area contributed by atoms with Crippen molar-refractivity contribution in [1.29, 1.82) is 0 Å². The summed E-state index contributed by atoms with van der Waals surface area (Å²) in [6.07, 6.45) is 2.89. The summed E-state index contributed by atoms with van der Waals surface area (Å²) in [6, 6.07) is 16.5. The zero-order valence-electron chi connectivity index (χ0n) is 13.1. The minimum atomic E-state index is -0.472. The molecule has 0 aliphatic heterocycles. The van der Waals surface area contributed by atoms with Crippen LogP contribution in [0.1, 0.15) is 29.0 Å². The molecule has 1 amide bonds. The van der Waals surface area contributed by atoms with E-state index in [0.29, 0.717) is 5.75 Å². The van der Waals surface area contributed by atoms with Crippen molar-refractivity contribution in [3.05, 3.63) is 65.2 Å². The molecule has 4 nitrogen and oxygen atoms in total. The van der Waals surface area contributed by atoms with E-state index in [1.807, 2.05) is 18.2 Å². The molecule has 0 spiro atoms. The molecule has 0 heterocycles. The Hall–Kier alpha value is -2.33. The summed E-state index contributed by atoms with van der Waals surface area (Å²) in [6.45, 7) is -0.103. The van der Waals surface area contributed by atoms with Crippen LogP contribution in [0.25, 0.3) is 0 Å². The highest BCUT2D eigenvalue weighted by Crippen LogP contribution is 2.35. The number of aryl methyl sites for hydroxylation is 1. The molecule has 0 fully saturated rings. The number of rotatable bonds is 5. The second-order valence-electron chi connectivity index (χ2n) is 6.11. The van der Waals surface area contributed by atoms with Gasteiger partial charge in [-0.05, 0) is 48.1 Å². The van der Waals surface area contributed by atoms with Gasteiger partial charge in [-0.15, -0.1) is 0 Å². The van der Waals surface area contributed by atoms with Gasteiger partial charge in [0.15, 0.2) is 6.61 Å². The van der Waals surface area contributed by atoms with Crippen molar-refractivity contribution in [3.63, 3.8) is 0 Å². The van der Waals surface area contributed by atoms with Gasteiger partial charge in [0.2, 0.25) is 0 Å². The van der Waals surface area contributed by atoms with E-state index >= 15 is 0 Å². The molecule has 0 radical (unpaired) electrons. The predicted molar refractivity (Wildman–Crippen MR) is 90.3 cm³/mol. The minimum Gasteiger partial charge on any atom is -0.484 e. The Bertz CT molecular complexity index is 685. The van der Waals surface area contributed by atoms with Crippen LogP contribution in [0.2, 0.25) is 0 Å². The maximum Gasteiger partial charge on any atom is 0.255 e. The quantitative estimate of drug-likeness (QED) is 0.888. The lowest BCUT2D eigenvalue weighted by atomic mass is 9.76. The summed E-state index contributed by atoms with van der Waals surface area (Å²) in [5.41, 5.74) is 15.4. The van der Waals surface area contributed by atoms with Gasteiger partial charge >= 0.3 is 0 Å². The number of amides is 1. The number of nitrogens with two attached hydrogens (primary N) is 2. The fraction of sp³-hybridized carbons (Fsp3) is 0.316. The summed E-state index contributed by atoms with van der Waals surface area (Å²) in [4.78, 5) is 10.9. The number of carbonyl (C=O) groups is 1. The van der Waals surface area contributed by atoms with E-state index in [9.17, 15) is 4.79 Å². The summed E-state index contributed by atoms with van der Waals surface area (Å²) >= 11 is 0. The van der Waals surface area contributed by atoms with Gasteiger partial charge in [0.25, 0.3) is 5.91 Å². The lowest BCUT2D eigenvalue weighted by Crippen LogP contribution is -2.34. The van der Waals surface area contributed by atoms with Crippen molar-refractivity contribution < 1.29 is 9.53 Å². The van der Waals surface area contributed by atoms with Crippen molar-refractivity contribution in [2.75, 3.05) is 6.61 Å². The Morgan fingerprint density at radius 3 is 2.70 bits per heavy atom. The van der Waals surface area contributed by atoms with Crippen molar-refractivity contribution >= 4 is 5.91 Å². The molecule has 3 rings (SSSR count). The standard InChI is InChI=1S/C19H22N2O2/c20-18-9-7-14-6-8-15(23-12-19(21)22)11-16(14)17(18)10-13-4-2-1-3-5-13/h1-6,8,11,17-18H,7,9-10,12,20H2,(H2,21,22). The number of ether oxygens (including phenoxy) is 1. The van der Waals surface area contributed by atoms with Gasteiger partial charge in [0.1, 0.15) is 5.75 Å². The zero-order valence-corrected chi connectivity index (χ0v) is 13.1. The molecule has 2 unspecified atom stereocenters. The van der Waals surface area contributed by atoms with Gasteiger partial charge in [-0.25, -0.2) is 0 Å². The topological polar surface area (TPSA) is 78.3 Å². The van der Waals surface area contributed by atoms with Gasteiger partial charge in [0, 0.05) is 12.0 Å². The van der Waals surface area contributed by atoms with Crippen molar-refractivity contribution in [3.8, 4) is 5.75 Å². The van der Waals surface area contributed by atoms with Crippen LogP contribution in [0.3, 0.4) is 0 Å². The lowest BCUT2D eigenvalue weighted by molar-refractivity contribution is -0.119. The highest BCUT2D eigenvalue weighted by molar-refractivity contribution is 5.75. The Labute approximate surface area is 136 Å². The minimum absolute atomic E-state index is 0.103. The fourth-order valence-corrected chi connectivity index (χ4v) is 3.27. The first kappa shape index (κ1) is 15.6. The molecule has 0 saturated carbocycles. The molecule has 0 bridgehead atoms. The van der Waals surface area contributed by atoms with E-state index in [-0.39, 0.29) is 18.6 Å². The number of hydrogen-bond donors (Lipinski definition) is 2. The van der Waals surface area contributed by atoms with E-state index in [0.717, 1.165) is 19.3 Å². The zero-order chi connectivity index (χ0) is 16.2. The molecule has 23 heavy (non-hydrogen) atoms. The molecule has 4 heteroatoms. The predicted octanol–water partition coefficient (Wildman–Crippen LogP) is 2.15. The smallest absolute Gasteiger partial charge is 0.255 e. The second-order valence-corrected chi connectivity index (χ2v) is 6.11. The van der Waals surface area contributed by atoms with Gasteiger partial charge in [-0.2, -0.15) is 0 Å². The number of fused-ring (bicyclic) bond motifs is 1. The Balaban J connectivity index is 1.86. The molecule has 1 aliphatic carbocycles. The van der Waals surface area contributed by atoms with Crippen LogP contribution in [-0.4, -0.2) is 18.6 Å². The first-order valence-corrected chi connectivity index (χ1v) is 7.97. The average Bonchev–Trinajstić information content (AvgIpc) is 2.56. The summed E-state index contributed by atoms with van der Waals surface area (Å²) < 4.78 is 5.45. The summed E-state index contributed by atoms with van der Waals surface area (Å²) in [5.74, 6) is 0.466. The van der Waals surface area contributed by atoms with Crippen LogP contribution < -0.4 is 16.2 Å². The molecule has 0 aromatic heterocycles. The third kappa shape index (κ3) is 3.71. The lowest BCUT2D eigenvalue weighted by Gasteiger charge is -2.32. The van der Waals surface area contributed by atoms with Crippen LogP contribution in [0.4, 0.5) is 0 Å². The summed E-state index contributed by atoms with van der Waals surface area (Å²) in [5, 5.41) is 0. The number of carbonyl (C=O) groups excluding carboxylic acids is 1. The van der Waals surface area contributed by atoms with Crippen molar-refractivity contribution in [2.45, 2.75) is 31.2 Å². The molecule has 2 atom stereocenters. The van der Waals surface area contributed by atoms with Crippen LogP contribution in [0.5, 0.6) is 5.75 Å². The molecule has 120 valence electrons. The van der Waals surface area contributed by atoms with E-state index < -0.39 is 5.91 Å². The molecular weight excluding hydrogens is 288 g/mol. The Kier molecular flexibility index (Phi) is 4.63. The average molecular weight is 310 g/mol. The molecule has 2 aromatic rings. The molecule has 1 aliphatic rings. The van der Waals surface area contributed by atoms with Gasteiger partial charge in [-0.3, -0.25) is 4.79 Å². The fourth-order valence-electron chi connectivity index (χ4n) is 3.27. The maximum atomic E-state index is 10.9. The molecule has 2 aromatic carbocycles. The SMILES string of the molecule is NC(=O)COc1ccc2c(c1)C(Cc1ccccc1)C(N)CC2. The highest BCUT2D eigenvalue weighted by atomic mass is 16.5. The first-order chi connectivity index (χ1) is 11.1. The van der Waals surface area contributed by atoms with E-state index in [1.165, 1.54) is 16.7 Å². The van der Waals surface area contributed by atoms with Crippen LogP contribution >= 0.6 is 0 Å². The van der Waals surface area contributed by atoms with Crippen molar-refractivity contribution in [1.82, 2.24) is 0 Å². The highest BCUT2D eigenvalue weighted by Gasteiger charge is 2.27. The van der Waals surface area contributed by atoms with Crippen molar-refractivity contribution in [2.24, 2.45) is 11.5 Å². The number of hydrogen-bond acceptors (Lipinski definition) is 3. The first-order valence-electron chi connectivity index (χ1n) is 7.97. The Morgan fingerprint density at radius 2 is 1.96 bits per heavy atom. The van der Waals surface area contributed by atoms with E-state index in [1.54, 1.807) is 0 Å². The maximum absolute atomic E-state index is 10.9. The second kappa shape index (κ2) is 6.84. The number of primary amides is 1. The molecular formula is C19H22N2O2. The third-order valence-electron chi connectivity index (χ3n) is 4.46.